The summed E-state index contributed by atoms with van der Waals surface area (Å²) >= 11 is 5.57. The quantitative estimate of drug-likeness (QED) is 0.811. The van der Waals surface area contributed by atoms with Gasteiger partial charge < -0.3 is 9.84 Å². The van der Waals surface area contributed by atoms with Crippen molar-refractivity contribution in [3.05, 3.63) is 23.2 Å². The maximum Gasteiger partial charge on any atom is 0.422 e. The molecule has 1 aromatic carbocycles. The second-order valence-corrected chi connectivity index (χ2v) is 3.41. The Morgan fingerprint density at radius 2 is 2.12 bits per heavy atom. The van der Waals surface area contributed by atoms with Gasteiger partial charge in [0.15, 0.2) is 6.61 Å². The highest BCUT2D eigenvalue weighted by molar-refractivity contribution is 6.31. The lowest BCUT2D eigenvalue weighted by atomic mass is 10.3. The molecule has 0 saturated carbocycles. The number of phenolic OH excluding ortho intramolecular Hbond substituents is 1. The van der Waals surface area contributed by atoms with Gasteiger partial charge in [-0.3, -0.25) is 5.32 Å². The van der Waals surface area contributed by atoms with Gasteiger partial charge in [-0.25, -0.2) is 4.79 Å². The van der Waals surface area contributed by atoms with Crippen molar-refractivity contribution in [2.24, 2.45) is 0 Å². The van der Waals surface area contributed by atoms with E-state index in [2.05, 4.69) is 4.74 Å². The molecule has 1 amide bonds. The van der Waals surface area contributed by atoms with E-state index in [4.69, 9.17) is 11.6 Å². The number of aromatic hydroxyl groups is 1. The first kappa shape index (κ1) is 13.4. The number of anilines is 1. The van der Waals surface area contributed by atoms with Crippen LogP contribution in [0.4, 0.5) is 23.7 Å². The predicted octanol–water partition coefficient (Wildman–Crippen LogP) is 3.16. The van der Waals surface area contributed by atoms with Crippen molar-refractivity contribution >= 4 is 23.4 Å². The number of alkyl halides is 3. The van der Waals surface area contributed by atoms with Crippen LogP contribution in [0.25, 0.3) is 0 Å². The van der Waals surface area contributed by atoms with Crippen LogP contribution in [0.15, 0.2) is 18.2 Å². The molecule has 0 atom stereocenters. The Morgan fingerprint density at radius 1 is 1.47 bits per heavy atom. The first-order valence-electron chi connectivity index (χ1n) is 4.27. The average Bonchev–Trinajstić information content (AvgIpc) is 2.20. The molecule has 0 fully saturated rings. The van der Waals surface area contributed by atoms with E-state index in [9.17, 15) is 23.1 Å². The van der Waals surface area contributed by atoms with E-state index in [1.165, 1.54) is 18.2 Å². The van der Waals surface area contributed by atoms with E-state index in [1.807, 2.05) is 5.32 Å². The van der Waals surface area contributed by atoms with E-state index in [-0.39, 0.29) is 16.5 Å². The van der Waals surface area contributed by atoms with E-state index in [0.717, 1.165) is 0 Å². The van der Waals surface area contributed by atoms with Gasteiger partial charge in [-0.15, -0.1) is 0 Å². The summed E-state index contributed by atoms with van der Waals surface area (Å²) in [5, 5.41) is 11.4. The van der Waals surface area contributed by atoms with Crippen molar-refractivity contribution in [3.63, 3.8) is 0 Å². The minimum atomic E-state index is -4.60. The Hall–Kier alpha value is -1.63. The van der Waals surface area contributed by atoms with E-state index in [1.54, 1.807) is 0 Å². The summed E-state index contributed by atoms with van der Waals surface area (Å²) in [6.07, 6.45) is -5.94. The first-order valence-corrected chi connectivity index (χ1v) is 4.65. The molecule has 2 N–H and O–H groups in total. The molecular formula is C9H7ClF3NO3. The maximum atomic E-state index is 11.7. The molecule has 1 aromatic rings. The third kappa shape index (κ3) is 4.81. The van der Waals surface area contributed by atoms with Gasteiger partial charge in [-0.1, -0.05) is 11.6 Å². The maximum absolute atomic E-state index is 11.7. The average molecular weight is 270 g/mol. The number of carbonyl (C=O) groups is 1. The molecule has 4 nitrogen and oxygen atoms in total. The minimum Gasteiger partial charge on any atom is -0.506 e. The molecule has 0 unspecified atom stereocenters. The van der Waals surface area contributed by atoms with Gasteiger partial charge in [-0.05, 0) is 18.2 Å². The van der Waals surface area contributed by atoms with Gasteiger partial charge in [-0.2, -0.15) is 13.2 Å². The molecule has 0 heterocycles. The lowest BCUT2D eigenvalue weighted by molar-refractivity contribution is -0.159. The van der Waals surface area contributed by atoms with E-state index < -0.39 is 18.9 Å². The number of hydrogen-bond donors (Lipinski definition) is 2. The van der Waals surface area contributed by atoms with Gasteiger partial charge in [0.05, 0.1) is 5.69 Å². The van der Waals surface area contributed by atoms with Crippen molar-refractivity contribution in [3.8, 4) is 5.75 Å². The smallest absolute Gasteiger partial charge is 0.422 e. The normalized spacial score (nSPS) is 11.1. The zero-order valence-corrected chi connectivity index (χ0v) is 8.97. The van der Waals surface area contributed by atoms with Crippen LogP contribution in [0.3, 0.4) is 0 Å². The highest BCUT2D eigenvalue weighted by Gasteiger charge is 2.29. The molecule has 0 spiro atoms. The number of benzene rings is 1. The molecule has 94 valence electrons. The number of carbonyl (C=O) groups excluding carboxylic acids is 1. The third-order valence-electron chi connectivity index (χ3n) is 1.56. The summed E-state index contributed by atoms with van der Waals surface area (Å²) in [5.41, 5.74) is -0.135. The molecule has 1 rings (SSSR count). The fourth-order valence-electron chi connectivity index (χ4n) is 0.902. The molecule has 0 aromatic heterocycles. The summed E-state index contributed by atoms with van der Waals surface area (Å²) in [6.45, 7) is -1.71. The molecule has 0 radical (unpaired) electrons. The molecule has 0 bridgehead atoms. The summed E-state index contributed by atoms with van der Waals surface area (Å²) in [4.78, 5) is 10.9. The topological polar surface area (TPSA) is 58.6 Å². The molecular weight excluding hydrogens is 263 g/mol. The van der Waals surface area contributed by atoms with E-state index >= 15 is 0 Å². The number of rotatable bonds is 2. The Bertz CT molecular complexity index is 422. The van der Waals surface area contributed by atoms with Gasteiger partial charge in [0, 0.05) is 5.02 Å². The van der Waals surface area contributed by atoms with Crippen molar-refractivity contribution in [1.82, 2.24) is 0 Å². The van der Waals surface area contributed by atoms with Crippen LogP contribution in [0.2, 0.25) is 5.02 Å². The van der Waals surface area contributed by atoms with Crippen LogP contribution >= 0.6 is 11.6 Å². The molecule has 0 saturated heterocycles. The van der Waals surface area contributed by atoms with Crippen LogP contribution in [0.5, 0.6) is 5.75 Å². The van der Waals surface area contributed by atoms with Crippen LogP contribution < -0.4 is 5.32 Å². The predicted molar refractivity (Wildman–Crippen MR) is 54.1 cm³/mol. The molecule has 0 aliphatic heterocycles. The van der Waals surface area contributed by atoms with Gasteiger partial charge >= 0.3 is 12.3 Å². The van der Waals surface area contributed by atoms with Crippen LogP contribution in [0.1, 0.15) is 0 Å². The molecule has 8 heteroatoms. The SMILES string of the molecule is O=C(Nc1cc(Cl)ccc1O)OCC(F)(F)F. The summed E-state index contributed by atoms with van der Waals surface area (Å²) in [5.74, 6) is -0.335. The number of hydrogen-bond acceptors (Lipinski definition) is 3. The van der Waals surface area contributed by atoms with Crippen molar-refractivity contribution in [2.45, 2.75) is 6.18 Å². The second-order valence-electron chi connectivity index (χ2n) is 2.98. The largest absolute Gasteiger partial charge is 0.506 e. The number of nitrogens with one attached hydrogen (secondary N) is 1. The van der Waals surface area contributed by atoms with Gasteiger partial charge in [0.1, 0.15) is 5.75 Å². The third-order valence-corrected chi connectivity index (χ3v) is 1.80. The summed E-state index contributed by atoms with van der Waals surface area (Å²) in [6, 6.07) is 3.70. The highest BCUT2D eigenvalue weighted by Crippen LogP contribution is 2.26. The fraction of sp³-hybridized carbons (Fsp3) is 0.222. The van der Waals surface area contributed by atoms with Crippen LogP contribution in [0, 0.1) is 0 Å². The second kappa shape index (κ2) is 5.13. The van der Waals surface area contributed by atoms with Gasteiger partial charge in [0.25, 0.3) is 0 Å². The monoisotopic (exact) mass is 269 g/mol. The number of phenols is 1. The van der Waals surface area contributed by atoms with Crippen molar-refractivity contribution < 1.29 is 27.8 Å². The number of halogens is 4. The molecule has 0 aliphatic rings. The Kier molecular flexibility index (Phi) is 4.06. The standard InChI is InChI=1S/C9H7ClF3NO3/c10-5-1-2-7(15)6(3-5)14-8(16)17-4-9(11,12)13/h1-3,15H,4H2,(H,14,16). The first-order chi connectivity index (χ1) is 7.78. The van der Waals surface area contributed by atoms with Crippen molar-refractivity contribution in [1.29, 1.82) is 0 Å². The number of ether oxygens (including phenoxy) is 1. The summed E-state index contributed by atoms with van der Waals surface area (Å²) < 4.78 is 39.0. The summed E-state index contributed by atoms with van der Waals surface area (Å²) in [7, 11) is 0. The molecule has 0 aliphatic carbocycles. The Labute approximate surface area is 98.9 Å². The number of amides is 1. The minimum absolute atomic E-state index is 0.135. The molecule has 17 heavy (non-hydrogen) atoms. The lowest BCUT2D eigenvalue weighted by Gasteiger charge is -2.10. The zero-order valence-electron chi connectivity index (χ0n) is 8.21. The van der Waals surface area contributed by atoms with Crippen LogP contribution in [-0.4, -0.2) is 24.0 Å². The lowest BCUT2D eigenvalue weighted by Crippen LogP contribution is -2.23. The van der Waals surface area contributed by atoms with E-state index in [0.29, 0.717) is 0 Å². The van der Waals surface area contributed by atoms with Crippen molar-refractivity contribution in [2.75, 3.05) is 11.9 Å². The Morgan fingerprint density at radius 3 is 2.71 bits per heavy atom. The van der Waals surface area contributed by atoms with Crippen LogP contribution in [-0.2, 0) is 4.74 Å². The Balaban J connectivity index is 2.59. The van der Waals surface area contributed by atoms with Gasteiger partial charge in [0.2, 0.25) is 0 Å². The zero-order chi connectivity index (χ0) is 13.1. The fourth-order valence-corrected chi connectivity index (χ4v) is 1.07. The highest BCUT2D eigenvalue weighted by atomic mass is 35.5.